The molecule has 0 fully saturated rings. The molecule has 0 aromatic carbocycles. The van der Waals surface area contributed by atoms with E-state index >= 15 is 0 Å². The molecule has 0 saturated heterocycles. The Labute approximate surface area is 67.7 Å². The van der Waals surface area contributed by atoms with Crippen LogP contribution in [0.25, 0.3) is 0 Å². The lowest BCUT2D eigenvalue weighted by Crippen LogP contribution is -2.26. The number of likely N-dealkylation sites (N-methyl/N-ethyl adjacent to an activating group) is 1. The van der Waals surface area contributed by atoms with Gasteiger partial charge < -0.3 is 5.32 Å². The van der Waals surface area contributed by atoms with Gasteiger partial charge in [0.25, 0.3) is 0 Å². The maximum atomic E-state index is 11.3. The monoisotopic (exact) mass is 153 g/mol. The first-order chi connectivity index (χ1) is 5.34. The topological polar surface area (TPSA) is 29.1 Å². The lowest BCUT2D eigenvalue weighted by molar-refractivity contribution is -0.122. The van der Waals surface area contributed by atoms with Crippen molar-refractivity contribution in [3.8, 4) is 0 Å². The zero-order valence-corrected chi connectivity index (χ0v) is 6.97. The highest BCUT2D eigenvalue weighted by atomic mass is 16.1. The van der Waals surface area contributed by atoms with Crippen LogP contribution >= 0.6 is 0 Å². The SMILES string of the molecule is CNCC(=O)C1CC=CCC1. The number of hydrogen-bond donors (Lipinski definition) is 1. The maximum absolute atomic E-state index is 11.3. The summed E-state index contributed by atoms with van der Waals surface area (Å²) >= 11 is 0. The van der Waals surface area contributed by atoms with Crippen LogP contribution in [0.4, 0.5) is 0 Å². The van der Waals surface area contributed by atoms with E-state index in [-0.39, 0.29) is 5.92 Å². The van der Waals surface area contributed by atoms with Crippen molar-refractivity contribution in [2.45, 2.75) is 19.3 Å². The van der Waals surface area contributed by atoms with E-state index in [4.69, 9.17) is 0 Å². The number of carbonyl (C=O) groups is 1. The van der Waals surface area contributed by atoms with Crippen molar-refractivity contribution >= 4 is 5.78 Å². The van der Waals surface area contributed by atoms with Crippen molar-refractivity contribution in [3.05, 3.63) is 12.2 Å². The number of rotatable bonds is 3. The zero-order chi connectivity index (χ0) is 8.10. The fraction of sp³-hybridized carbons (Fsp3) is 0.667. The molecule has 11 heavy (non-hydrogen) atoms. The Morgan fingerprint density at radius 2 is 2.45 bits per heavy atom. The third kappa shape index (κ3) is 2.46. The summed E-state index contributed by atoms with van der Waals surface area (Å²) in [6.45, 7) is 0.526. The van der Waals surface area contributed by atoms with Gasteiger partial charge in [0.2, 0.25) is 0 Å². The van der Waals surface area contributed by atoms with Crippen LogP contribution in [0.5, 0.6) is 0 Å². The van der Waals surface area contributed by atoms with Gasteiger partial charge in [-0.15, -0.1) is 0 Å². The van der Waals surface area contributed by atoms with Crippen molar-refractivity contribution in [1.29, 1.82) is 0 Å². The third-order valence-electron chi connectivity index (χ3n) is 2.08. The van der Waals surface area contributed by atoms with Gasteiger partial charge in [-0.25, -0.2) is 0 Å². The molecule has 1 aliphatic carbocycles. The standard InChI is InChI=1S/C9H15NO/c1-10-7-9(11)8-5-3-2-4-6-8/h2-3,8,10H,4-7H2,1H3. The minimum atomic E-state index is 0.285. The van der Waals surface area contributed by atoms with E-state index < -0.39 is 0 Å². The molecule has 1 aliphatic rings. The molecule has 0 radical (unpaired) electrons. The van der Waals surface area contributed by atoms with E-state index in [9.17, 15) is 4.79 Å². The van der Waals surface area contributed by atoms with Gasteiger partial charge in [-0.2, -0.15) is 0 Å². The van der Waals surface area contributed by atoms with Crippen molar-refractivity contribution in [1.82, 2.24) is 5.32 Å². The highest BCUT2D eigenvalue weighted by Crippen LogP contribution is 2.18. The summed E-state index contributed by atoms with van der Waals surface area (Å²) in [6, 6.07) is 0. The van der Waals surface area contributed by atoms with E-state index in [1.54, 1.807) is 0 Å². The average molecular weight is 153 g/mol. The smallest absolute Gasteiger partial charge is 0.149 e. The van der Waals surface area contributed by atoms with Crippen molar-refractivity contribution in [2.24, 2.45) is 5.92 Å². The van der Waals surface area contributed by atoms with E-state index in [1.807, 2.05) is 7.05 Å². The predicted molar refractivity (Wildman–Crippen MR) is 45.4 cm³/mol. The minimum absolute atomic E-state index is 0.285. The Kier molecular flexibility index (Phi) is 3.30. The Hall–Kier alpha value is -0.630. The molecule has 0 aromatic heterocycles. The number of allylic oxidation sites excluding steroid dienone is 2. The van der Waals surface area contributed by atoms with Crippen LogP contribution in [-0.4, -0.2) is 19.4 Å². The predicted octanol–water partition coefficient (Wildman–Crippen LogP) is 1.13. The highest BCUT2D eigenvalue weighted by molar-refractivity contribution is 5.83. The van der Waals surface area contributed by atoms with Gasteiger partial charge in [-0.3, -0.25) is 4.79 Å². The number of hydrogen-bond acceptors (Lipinski definition) is 2. The van der Waals surface area contributed by atoms with Gasteiger partial charge in [0.15, 0.2) is 0 Å². The van der Waals surface area contributed by atoms with Crippen LogP contribution in [0, 0.1) is 5.92 Å². The van der Waals surface area contributed by atoms with Crippen LogP contribution < -0.4 is 5.32 Å². The molecule has 1 atom stereocenters. The van der Waals surface area contributed by atoms with Gasteiger partial charge in [0.1, 0.15) is 5.78 Å². The second-order valence-electron chi connectivity index (χ2n) is 2.98. The van der Waals surface area contributed by atoms with Crippen LogP contribution in [0.15, 0.2) is 12.2 Å². The summed E-state index contributed by atoms with van der Waals surface area (Å²) in [5.74, 6) is 0.643. The van der Waals surface area contributed by atoms with Crippen LogP contribution in [-0.2, 0) is 4.79 Å². The van der Waals surface area contributed by atoms with Crippen LogP contribution in [0.1, 0.15) is 19.3 Å². The van der Waals surface area contributed by atoms with Crippen LogP contribution in [0.3, 0.4) is 0 Å². The molecule has 0 saturated carbocycles. The Morgan fingerprint density at radius 1 is 1.64 bits per heavy atom. The first-order valence-corrected chi connectivity index (χ1v) is 4.17. The first-order valence-electron chi connectivity index (χ1n) is 4.17. The zero-order valence-electron chi connectivity index (χ0n) is 6.97. The van der Waals surface area contributed by atoms with Gasteiger partial charge >= 0.3 is 0 Å². The average Bonchev–Trinajstić information content (AvgIpc) is 2.07. The van der Waals surface area contributed by atoms with Crippen LogP contribution in [0.2, 0.25) is 0 Å². The second kappa shape index (κ2) is 4.29. The molecular formula is C9H15NO. The molecule has 2 heteroatoms. The molecule has 0 aromatic rings. The third-order valence-corrected chi connectivity index (χ3v) is 2.08. The molecule has 1 unspecified atom stereocenters. The van der Waals surface area contributed by atoms with Crippen molar-refractivity contribution < 1.29 is 4.79 Å². The van der Waals surface area contributed by atoms with Gasteiger partial charge in [-0.1, -0.05) is 12.2 Å². The number of nitrogens with one attached hydrogen (secondary N) is 1. The number of ketones is 1. The fourth-order valence-corrected chi connectivity index (χ4v) is 1.40. The number of Topliss-reactive ketones (excluding diaryl/α,β-unsaturated/α-hetero) is 1. The summed E-state index contributed by atoms with van der Waals surface area (Å²) in [6.07, 6.45) is 7.32. The summed E-state index contributed by atoms with van der Waals surface area (Å²) in [7, 11) is 1.82. The van der Waals surface area contributed by atoms with Crippen molar-refractivity contribution in [2.75, 3.05) is 13.6 Å². The van der Waals surface area contributed by atoms with Gasteiger partial charge in [0.05, 0.1) is 6.54 Å². The lowest BCUT2D eigenvalue weighted by Gasteiger charge is -2.15. The normalized spacial score (nSPS) is 23.5. The van der Waals surface area contributed by atoms with Gasteiger partial charge in [-0.05, 0) is 26.3 Å². The summed E-state index contributed by atoms with van der Waals surface area (Å²) in [5, 5.41) is 2.89. The fourth-order valence-electron chi connectivity index (χ4n) is 1.40. The summed E-state index contributed by atoms with van der Waals surface area (Å²) in [5.41, 5.74) is 0. The molecule has 0 heterocycles. The molecule has 0 bridgehead atoms. The molecule has 1 N–H and O–H groups in total. The molecule has 0 amide bonds. The Morgan fingerprint density at radius 3 is 3.00 bits per heavy atom. The molecule has 0 spiro atoms. The summed E-state index contributed by atoms with van der Waals surface area (Å²) in [4.78, 5) is 11.3. The number of carbonyl (C=O) groups excluding carboxylic acids is 1. The quantitative estimate of drug-likeness (QED) is 0.616. The Bertz CT molecular complexity index is 163. The van der Waals surface area contributed by atoms with Crippen molar-refractivity contribution in [3.63, 3.8) is 0 Å². The first kappa shape index (κ1) is 8.47. The molecule has 0 aliphatic heterocycles. The van der Waals surface area contributed by atoms with E-state index in [2.05, 4.69) is 17.5 Å². The van der Waals surface area contributed by atoms with E-state index in [0.717, 1.165) is 19.3 Å². The molecule has 2 nitrogen and oxygen atoms in total. The minimum Gasteiger partial charge on any atom is -0.313 e. The Balaban J connectivity index is 2.34. The van der Waals surface area contributed by atoms with E-state index in [1.165, 1.54) is 0 Å². The second-order valence-corrected chi connectivity index (χ2v) is 2.98. The molecule has 1 rings (SSSR count). The lowest BCUT2D eigenvalue weighted by atomic mass is 9.90. The largest absolute Gasteiger partial charge is 0.313 e. The summed E-state index contributed by atoms with van der Waals surface area (Å²) < 4.78 is 0. The van der Waals surface area contributed by atoms with E-state index in [0.29, 0.717) is 12.3 Å². The molecule has 62 valence electrons. The maximum Gasteiger partial charge on any atom is 0.149 e. The van der Waals surface area contributed by atoms with Gasteiger partial charge in [0, 0.05) is 5.92 Å². The highest BCUT2D eigenvalue weighted by Gasteiger charge is 2.16. The molecular weight excluding hydrogens is 138 g/mol.